The van der Waals surface area contributed by atoms with Gasteiger partial charge in [0.15, 0.2) is 10.3 Å². The van der Waals surface area contributed by atoms with E-state index in [-0.39, 0.29) is 5.82 Å². The average molecular weight is 229 g/mol. The number of aromatic nitrogens is 1. The number of thiazole rings is 1. The Hall–Kier alpha value is -1.13. The number of nitrogens with zero attached hydrogens (tertiary/aromatic N) is 2. The van der Waals surface area contributed by atoms with E-state index in [4.69, 9.17) is 11.6 Å². The first-order valence-corrected chi connectivity index (χ1v) is 5.15. The van der Waals surface area contributed by atoms with E-state index in [0.717, 1.165) is 0 Å². The van der Waals surface area contributed by atoms with E-state index < -0.39 is 0 Å². The summed E-state index contributed by atoms with van der Waals surface area (Å²) in [5.41, 5.74) is 0.439. The van der Waals surface area contributed by atoms with E-state index in [1.54, 1.807) is 29.6 Å². The highest BCUT2D eigenvalue weighted by Crippen LogP contribution is 2.28. The van der Waals surface area contributed by atoms with Gasteiger partial charge in [-0.2, -0.15) is 5.12 Å². The molecular weight excluding hydrogens is 223 g/mol. The number of halogens is 2. The van der Waals surface area contributed by atoms with E-state index >= 15 is 0 Å². The van der Waals surface area contributed by atoms with Crippen LogP contribution in [-0.2, 0) is 0 Å². The van der Waals surface area contributed by atoms with Gasteiger partial charge >= 0.3 is 0 Å². The molecule has 1 aromatic carbocycles. The molecule has 0 bridgehead atoms. The van der Waals surface area contributed by atoms with E-state index in [2.05, 4.69) is 4.98 Å². The summed E-state index contributed by atoms with van der Waals surface area (Å²) in [6, 6.07) is 8.66. The third kappa shape index (κ3) is 1.86. The van der Waals surface area contributed by atoms with Gasteiger partial charge in [-0.15, -0.1) is 11.3 Å². The summed E-state index contributed by atoms with van der Waals surface area (Å²) < 4.78 is 13.9. The summed E-state index contributed by atoms with van der Waals surface area (Å²) in [4.78, 5) is 3.82. The highest BCUT2D eigenvalue weighted by atomic mass is 35.5. The van der Waals surface area contributed by atoms with Crippen molar-refractivity contribution in [1.82, 2.24) is 4.98 Å². The molecule has 2 aromatic rings. The lowest BCUT2D eigenvalue weighted by atomic mass is 10.3. The smallest absolute Gasteiger partial charge is 0.185 e. The summed E-state index contributed by atoms with van der Waals surface area (Å²) in [5.74, 6) is 0.214. The number of rotatable bonds is 2. The molecule has 0 aliphatic heterocycles. The predicted molar refractivity (Wildman–Crippen MR) is 56.8 cm³/mol. The largest absolute Gasteiger partial charge is 0.205 e. The van der Waals surface area contributed by atoms with Crippen molar-refractivity contribution in [1.29, 1.82) is 0 Å². The Labute approximate surface area is 89.5 Å². The molecule has 5 heteroatoms. The quantitative estimate of drug-likeness (QED) is 0.727. The zero-order valence-corrected chi connectivity index (χ0v) is 8.60. The van der Waals surface area contributed by atoms with Gasteiger partial charge in [0.05, 0.1) is 5.69 Å². The van der Waals surface area contributed by atoms with Crippen LogP contribution in [0.1, 0.15) is 0 Å². The molecule has 0 saturated heterocycles. The van der Waals surface area contributed by atoms with Crippen molar-refractivity contribution in [2.24, 2.45) is 0 Å². The first-order valence-electron chi connectivity index (χ1n) is 3.89. The van der Waals surface area contributed by atoms with Crippen molar-refractivity contribution in [3.8, 4) is 0 Å². The summed E-state index contributed by atoms with van der Waals surface area (Å²) in [6.45, 7) is 0. The molecule has 14 heavy (non-hydrogen) atoms. The Morgan fingerprint density at radius 1 is 1.29 bits per heavy atom. The van der Waals surface area contributed by atoms with Crippen LogP contribution < -0.4 is 5.12 Å². The second-order valence-electron chi connectivity index (χ2n) is 2.58. The summed E-state index contributed by atoms with van der Waals surface area (Å²) in [6.07, 6.45) is 0. The molecule has 1 heterocycles. The van der Waals surface area contributed by atoms with Gasteiger partial charge in [-0.3, -0.25) is 0 Å². The molecule has 0 atom stereocenters. The lowest BCUT2D eigenvalue weighted by Gasteiger charge is -2.09. The van der Waals surface area contributed by atoms with Crippen LogP contribution in [0.4, 0.5) is 16.0 Å². The number of hydrogen-bond donors (Lipinski definition) is 0. The third-order valence-corrected chi connectivity index (χ3v) is 2.61. The molecule has 0 unspecified atom stereocenters. The third-order valence-electron chi connectivity index (χ3n) is 1.65. The first-order chi connectivity index (χ1) is 6.77. The van der Waals surface area contributed by atoms with Crippen LogP contribution in [0.3, 0.4) is 0 Å². The van der Waals surface area contributed by atoms with Crippen LogP contribution in [0.2, 0.25) is 4.47 Å². The minimum Gasteiger partial charge on any atom is -0.205 e. The summed E-state index contributed by atoms with van der Waals surface area (Å²) >= 11 is 6.81. The Balaban J connectivity index is 2.29. The van der Waals surface area contributed by atoms with Crippen molar-refractivity contribution < 1.29 is 4.48 Å². The van der Waals surface area contributed by atoms with Crippen LogP contribution in [-0.4, -0.2) is 4.98 Å². The Morgan fingerprint density at radius 3 is 2.57 bits per heavy atom. The monoisotopic (exact) mass is 228 g/mol. The minimum absolute atomic E-state index is 0.214. The van der Waals surface area contributed by atoms with Crippen LogP contribution in [0.15, 0.2) is 35.7 Å². The second kappa shape index (κ2) is 3.94. The van der Waals surface area contributed by atoms with Crippen LogP contribution in [0, 0.1) is 0 Å². The fraction of sp³-hybridized carbons (Fsp3) is 0. The number of benzene rings is 1. The molecule has 0 amide bonds. The summed E-state index contributed by atoms with van der Waals surface area (Å²) in [7, 11) is 0. The van der Waals surface area contributed by atoms with Gasteiger partial charge in [0, 0.05) is 5.38 Å². The van der Waals surface area contributed by atoms with Crippen molar-refractivity contribution in [3.05, 3.63) is 40.2 Å². The van der Waals surface area contributed by atoms with E-state index in [9.17, 15) is 4.48 Å². The van der Waals surface area contributed by atoms with Gasteiger partial charge in [0.1, 0.15) is 0 Å². The SMILES string of the molecule is FN(c1ccccc1)c1csc(Cl)n1. The number of para-hydroxylation sites is 1. The zero-order valence-electron chi connectivity index (χ0n) is 7.02. The molecule has 2 nitrogen and oxygen atoms in total. The Bertz CT molecular complexity index is 418. The maximum atomic E-state index is 13.6. The van der Waals surface area contributed by atoms with Gasteiger partial charge < -0.3 is 0 Å². The van der Waals surface area contributed by atoms with Gasteiger partial charge in [0.25, 0.3) is 0 Å². The van der Waals surface area contributed by atoms with Gasteiger partial charge in [-0.05, 0) is 12.1 Å². The highest BCUT2D eigenvalue weighted by molar-refractivity contribution is 7.14. The topological polar surface area (TPSA) is 16.1 Å². The van der Waals surface area contributed by atoms with Crippen molar-refractivity contribution in [2.45, 2.75) is 0 Å². The van der Waals surface area contributed by atoms with Crippen LogP contribution >= 0.6 is 22.9 Å². The van der Waals surface area contributed by atoms with E-state index in [0.29, 0.717) is 15.3 Å². The van der Waals surface area contributed by atoms with Gasteiger partial charge in [0.2, 0.25) is 0 Å². The first kappa shape index (κ1) is 9.43. The van der Waals surface area contributed by atoms with Crippen LogP contribution in [0.5, 0.6) is 0 Å². The molecule has 72 valence electrons. The van der Waals surface area contributed by atoms with Crippen molar-refractivity contribution >= 4 is 34.4 Å². The van der Waals surface area contributed by atoms with Crippen LogP contribution in [0.25, 0.3) is 0 Å². The average Bonchev–Trinajstić information content (AvgIpc) is 2.65. The lowest BCUT2D eigenvalue weighted by Crippen LogP contribution is -2.02. The van der Waals surface area contributed by atoms with Gasteiger partial charge in [-0.25, -0.2) is 4.98 Å². The van der Waals surface area contributed by atoms with Gasteiger partial charge in [-0.1, -0.05) is 34.3 Å². The minimum atomic E-state index is 0.214. The van der Waals surface area contributed by atoms with E-state index in [1.165, 1.54) is 11.3 Å². The maximum absolute atomic E-state index is 13.6. The zero-order chi connectivity index (χ0) is 9.97. The molecule has 2 rings (SSSR count). The molecular formula is C9H6ClFN2S. The molecule has 0 N–H and O–H groups in total. The molecule has 0 fully saturated rings. The van der Waals surface area contributed by atoms with E-state index in [1.807, 2.05) is 6.07 Å². The lowest BCUT2D eigenvalue weighted by molar-refractivity contribution is 0.500. The predicted octanol–water partition coefficient (Wildman–Crippen LogP) is 3.82. The second-order valence-corrected chi connectivity index (χ2v) is 4.02. The normalized spacial score (nSPS) is 10.1. The number of anilines is 2. The van der Waals surface area contributed by atoms with Crippen molar-refractivity contribution in [3.63, 3.8) is 0 Å². The highest BCUT2D eigenvalue weighted by Gasteiger charge is 2.10. The molecule has 0 radical (unpaired) electrons. The number of hydrogen-bond acceptors (Lipinski definition) is 3. The molecule has 1 aromatic heterocycles. The fourth-order valence-corrected chi connectivity index (χ4v) is 1.74. The molecule has 0 aliphatic carbocycles. The molecule has 0 aliphatic rings. The Morgan fingerprint density at radius 2 is 2.00 bits per heavy atom. The molecule has 0 spiro atoms. The Kier molecular flexibility index (Phi) is 2.65. The van der Waals surface area contributed by atoms with Crippen molar-refractivity contribution in [2.75, 3.05) is 5.12 Å². The summed E-state index contributed by atoms with van der Waals surface area (Å²) in [5, 5.41) is 2.07. The maximum Gasteiger partial charge on any atom is 0.185 e. The standard InChI is InChI=1S/C9H6ClFN2S/c10-9-12-8(6-14-9)13(11)7-4-2-1-3-5-7/h1-6H. The molecule has 0 saturated carbocycles. The fourth-order valence-electron chi connectivity index (χ4n) is 1.03.